The van der Waals surface area contributed by atoms with Crippen molar-refractivity contribution in [3.05, 3.63) is 29.6 Å². The third kappa shape index (κ3) is 4.34. The first-order valence-electron chi connectivity index (χ1n) is 9.30. The number of hydrogen-bond donors (Lipinski definition) is 1. The fourth-order valence-electron chi connectivity index (χ4n) is 3.64. The van der Waals surface area contributed by atoms with E-state index in [1.807, 2.05) is 4.90 Å². The second-order valence-corrected chi connectivity index (χ2v) is 6.94. The topological polar surface area (TPSA) is 62.3 Å². The van der Waals surface area contributed by atoms with E-state index in [0.717, 1.165) is 38.8 Å². The number of likely N-dealkylation sites (tertiary alicyclic amines) is 1. The number of carbonyl (C=O) groups excluding carboxylic acids is 2. The zero-order valence-corrected chi connectivity index (χ0v) is 14.3. The van der Waals surface area contributed by atoms with Crippen molar-refractivity contribution in [3.8, 4) is 0 Å². The molecule has 1 saturated carbocycles. The first kappa shape index (κ1) is 16.9. The van der Waals surface area contributed by atoms with Gasteiger partial charge < -0.3 is 10.2 Å². The molecule has 1 aromatic rings. The normalized spacial score (nSPS) is 19.6. The van der Waals surface area contributed by atoms with E-state index in [1.54, 1.807) is 18.3 Å². The van der Waals surface area contributed by atoms with Crippen molar-refractivity contribution in [3.63, 3.8) is 0 Å². The van der Waals surface area contributed by atoms with Crippen LogP contribution >= 0.6 is 0 Å². The second kappa shape index (κ2) is 8.27. The third-order valence-electron chi connectivity index (χ3n) is 5.07. The quantitative estimate of drug-likeness (QED) is 0.926. The molecule has 0 atom stereocenters. The van der Waals surface area contributed by atoms with Crippen LogP contribution in [0.5, 0.6) is 0 Å². The summed E-state index contributed by atoms with van der Waals surface area (Å²) in [6.45, 7) is 1.58. The van der Waals surface area contributed by atoms with Crippen molar-refractivity contribution >= 4 is 11.8 Å². The highest BCUT2D eigenvalue weighted by molar-refractivity contribution is 5.98. The minimum absolute atomic E-state index is 0.0517. The van der Waals surface area contributed by atoms with Gasteiger partial charge in [0.1, 0.15) is 5.69 Å². The molecular weight excluding hydrogens is 302 g/mol. The summed E-state index contributed by atoms with van der Waals surface area (Å²) in [5, 5.41) is 3.10. The summed E-state index contributed by atoms with van der Waals surface area (Å²) < 4.78 is 0. The molecule has 1 aliphatic carbocycles. The Kier molecular flexibility index (Phi) is 5.83. The summed E-state index contributed by atoms with van der Waals surface area (Å²) in [5.41, 5.74) is 0.918. The number of nitrogens with one attached hydrogen (secondary N) is 1. The van der Waals surface area contributed by atoms with Gasteiger partial charge in [-0.05, 0) is 37.8 Å². The van der Waals surface area contributed by atoms with E-state index < -0.39 is 0 Å². The smallest absolute Gasteiger partial charge is 0.272 e. The zero-order chi connectivity index (χ0) is 16.8. The number of nitrogens with zero attached hydrogens (tertiary/aromatic N) is 2. The van der Waals surface area contributed by atoms with Crippen LogP contribution in [0.25, 0.3) is 0 Å². The van der Waals surface area contributed by atoms with Crippen molar-refractivity contribution in [1.29, 1.82) is 0 Å². The van der Waals surface area contributed by atoms with Gasteiger partial charge in [0.15, 0.2) is 0 Å². The summed E-state index contributed by atoms with van der Waals surface area (Å²) >= 11 is 0. The van der Waals surface area contributed by atoms with E-state index in [1.165, 1.54) is 32.1 Å². The predicted molar refractivity (Wildman–Crippen MR) is 92.9 cm³/mol. The molecule has 0 bridgehead atoms. The van der Waals surface area contributed by atoms with Crippen LogP contribution in [0.15, 0.2) is 18.3 Å². The van der Waals surface area contributed by atoms with Crippen LogP contribution in [0.1, 0.15) is 78.6 Å². The van der Waals surface area contributed by atoms with Gasteiger partial charge in [-0.2, -0.15) is 0 Å². The van der Waals surface area contributed by atoms with Gasteiger partial charge in [-0.3, -0.25) is 14.6 Å². The molecule has 3 rings (SSSR count). The number of rotatable bonds is 3. The van der Waals surface area contributed by atoms with Crippen LogP contribution in [0.3, 0.4) is 0 Å². The molecule has 2 amide bonds. The summed E-state index contributed by atoms with van der Waals surface area (Å²) in [7, 11) is 0. The Bertz CT molecular complexity index is 574. The van der Waals surface area contributed by atoms with Gasteiger partial charge in [-0.15, -0.1) is 0 Å². The highest BCUT2D eigenvalue weighted by atomic mass is 16.2. The van der Waals surface area contributed by atoms with Crippen LogP contribution in [-0.4, -0.2) is 40.8 Å². The molecule has 24 heavy (non-hydrogen) atoms. The number of pyridine rings is 1. The van der Waals surface area contributed by atoms with E-state index in [0.29, 0.717) is 11.3 Å². The highest BCUT2D eigenvalue weighted by Gasteiger charge is 2.21. The molecule has 2 heterocycles. The van der Waals surface area contributed by atoms with Crippen molar-refractivity contribution in [2.75, 3.05) is 13.1 Å². The van der Waals surface area contributed by atoms with Crippen molar-refractivity contribution in [2.24, 2.45) is 0 Å². The summed E-state index contributed by atoms with van der Waals surface area (Å²) in [6.07, 6.45) is 11.8. The van der Waals surface area contributed by atoms with Gasteiger partial charge in [0, 0.05) is 30.9 Å². The minimum Gasteiger partial charge on any atom is -0.349 e. The molecule has 0 spiro atoms. The lowest BCUT2D eigenvalue weighted by Crippen LogP contribution is -2.36. The van der Waals surface area contributed by atoms with E-state index in [9.17, 15) is 9.59 Å². The maximum Gasteiger partial charge on any atom is 0.272 e. The van der Waals surface area contributed by atoms with Crippen LogP contribution in [0.2, 0.25) is 0 Å². The molecule has 0 unspecified atom stereocenters. The lowest BCUT2D eigenvalue weighted by molar-refractivity contribution is 0.0755. The first-order chi connectivity index (χ1) is 11.7. The van der Waals surface area contributed by atoms with Crippen molar-refractivity contribution < 1.29 is 9.59 Å². The molecule has 0 radical (unpaired) electrons. The van der Waals surface area contributed by atoms with Gasteiger partial charge in [0.25, 0.3) is 11.8 Å². The maximum atomic E-state index is 12.6. The molecule has 5 heteroatoms. The first-order valence-corrected chi connectivity index (χ1v) is 9.30. The number of amides is 2. The average molecular weight is 329 g/mol. The standard InChI is InChI=1S/C19H27N3O2/c23-18(21-16-8-4-3-5-9-16)15-10-11-20-17(14-15)19(24)22-12-6-1-2-7-13-22/h10-11,14,16H,1-9,12-13H2,(H,21,23). The molecule has 2 aliphatic rings. The fourth-order valence-corrected chi connectivity index (χ4v) is 3.64. The van der Waals surface area contributed by atoms with E-state index >= 15 is 0 Å². The molecule has 1 saturated heterocycles. The molecule has 130 valence electrons. The maximum absolute atomic E-state index is 12.6. The minimum atomic E-state index is -0.0887. The fraction of sp³-hybridized carbons (Fsp3) is 0.632. The van der Waals surface area contributed by atoms with Crippen molar-refractivity contribution in [2.45, 2.75) is 63.8 Å². The predicted octanol–water partition coefficient (Wildman–Crippen LogP) is 3.16. The average Bonchev–Trinajstić information content (AvgIpc) is 2.91. The Morgan fingerprint density at radius 2 is 1.67 bits per heavy atom. The van der Waals surface area contributed by atoms with Crippen molar-refractivity contribution in [1.82, 2.24) is 15.2 Å². The molecule has 2 fully saturated rings. The third-order valence-corrected chi connectivity index (χ3v) is 5.07. The van der Waals surface area contributed by atoms with Crippen LogP contribution in [-0.2, 0) is 0 Å². The van der Waals surface area contributed by atoms with Crippen LogP contribution < -0.4 is 5.32 Å². The van der Waals surface area contributed by atoms with E-state index in [2.05, 4.69) is 10.3 Å². The van der Waals surface area contributed by atoms with E-state index in [-0.39, 0.29) is 17.9 Å². The number of aromatic nitrogens is 1. The Balaban J connectivity index is 1.66. The molecule has 1 N–H and O–H groups in total. The number of hydrogen-bond acceptors (Lipinski definition) is 3. The molecule has 1 aliphatic heterocycles. The Hall–Kier alpha value is -1.91. The van der Waals surface area contributed by atoms with Crippen LogP contribution in [0, 0.1) is 0 Å². The Morgan fingerprint density at radius 3 is 2.38 bits per heavy atom. The highest BCUT2D eigenvalue weighted by Crippen LogP contribution is 2.18. The Morgan fingerprint density at radius 1 is 1.00 bits per heavy atom. The van der Waals surface area contributed by atoms with Gasteiger partial charge in [0.2, 0.25) is 0 Å². The van der Waals surface area contributed by atoms with Gasteiger partial charge in [-0.1, -0.05) is 32.1 Å². The lowest BCUT2D eigenvalue weighted by atomic mass is 9.95. The zero-order valence-electron chi connectivity index (χ0n) is 14.3. The van der Waals surface area contributed by atoms with Gasteiger partial charge in [-0.25, -0.2) is 0 Å². The second-order valence-electron chi connectivity index (χ2n) is 6.94. The molecular formula is C19H27N3O2. The summed E-state index contributed by atoms with van der Waals surface area (Å²) in [4.78, 5) is 31.2. The van der Waals surface area contributed by atoms with E-state index in [4.69, 9.17) is 0 Å². The molecule has 1 aromatic heterocycles. The lowest BCUT2D eigenvalue weighted by Gasteiger charge is -2.23. The molecule has 5 nitrogen and oxygen atoms in total. The summed E-state index contributed by atoms with van der Waals surface area (Å²) in [6, 6.07) is 3.60. The molecule has 0 aromatic carbocycles. The largest absolute Gasteiger partial charge is 0.349 e. The number of carbonyl (C=O) groups is 2. The monoisotopic (exact) mass is 329 g/mol. The Labute approximate surface area is 143 Å². The SMILES string of the molecule is O=C(NC1CCCCC1)c1ccnc(C(=O)N2CCCCCC2)c1. The summed E-state index contributed by atoms with van der Waals surface area (Å²) in [5.74, 6) is -0.140. The van der Waals surface area contributed by atoms with Gasteiger partial charge in [0.05, 0.1) is 0 Å². The van der Waals surface area contributed by atoms with Crippen LogP contribution in [0.4, 0.5) is 0 Å². The van der Waals surface area contributed by atoms with Gasteiger partial charge >= 0.3 is 0 Å².